The van der Waals surface area contributed by atoms with E-state index in [-0.39, 0.29) is 11.5 Å². The van der Waals surface area contributed by atoms with Gasteiger partial charge in [-0.3, -0.25) is 0 Å². The maximum Gasteiger partial charge on any atom is 0.0627 e. The summed E-state index contributed by atoms with van der Waals surface area (Å²) in [4.78, 5) is 0. The summed E-state index contributed by atoms with van der Waals surface area (Å²) >= 11 is 0. The van der Waals surface area contributed by atoms with E-state index in [2.05, 4.69) is 69.2 Å². The van der Waals surface area contributed by atoms with Gasteiger partial charge in [-0.2, -0.15) is 0 Å². The van der Waals surface area contributed by atoms with E-state index in [4.69, 9.17) is 0 Å². The van der Waals surface area contributed by atoms with E-state index >= 15 is 0 Å². The number of hydrogen-bond acceptors (Lipinski definition) is 1. The minimum atomic E-state index is -0.155. The molecule has 0 aromatic heterocycles. The Kier molecular flexibility index (Phi) is 5.42. The van der Waals surface area contributed by atoms with Crippen LogP contribution < -0.4 is 0 Å². The molecule has 1 N–H and O–H groups in total. The minimum Gasteiger partial charge on any atom is -0.392 e. The molecule has 1 nitrogen and oxygen atoms in total. The normalized spacial score (nSPS) is 62.5. The molecule has 5 aliphatic carbocycles. The van der Waals surface area contributed by atoms with Crippen molar-refractivity contribution in [1.82, 2.24) is 0 Å². The van der Waals surface area contributed by atoms with Gasteiger partial charge in [0.2, 0.25) is 0 Å². The number of hydrogen-bond donors (Lipinski definition) is 1. The molecule has 3 unspecified atom stereocenters. The third-order valence-electron chi connectivity index (χ3n) is 15.2. The van der Waals surface area contributed by atoms with Crippen LogP contribution in [0.5, 0.6) is 0 Å². The summed E-state index contributed by atoms with van der Waals surface area (Å²) in [5, 5.41) is 12.0. The first-order valence-corrected chi connectivity index (χ1v) is 14.8. The zero-order valence-corrected chi connectivity index (χ0v) is 23.8. The van der Waals surface area contributed by atoms with Gasteiger partial charge in [-0.25, -0.2) is 0 Å². The van der Waals surface area contributed by atoms with E-state index in [0.29, 0.717) is 45.3 Å². The monoisotopic (exact) mass is 456 g/mol. The van der Waals surface area contributed by atoms with Gasteiger partial charge in [0, 0.05) is 5.41 Å². The third-order valence-corrected chi connectivity index (χ3v) is 15.2. The molecule has 190 valence electrons. The Balaban J connectivity index is 1.57. The molecule has 0 aromatic carbocycles. The first-order valence-electron chi connectivity index (χ1n) is 14.8. The van der Waals surface area contributed by atoms with E-state index in [1.54, 1.807) is 0 Å². The van der Waals surface area contributed by atoms with Crippen LogP contribution in [0.4, 0.5) is 0 Å². The van der Waals surface area contributed by atoms with Crippen LogP contribution in [0.15, 0.2) is 0 Å². The topological polar surface area (TPSA) is 20.2 Å². The molecule has 13 atom stereocenters. The second kappa shape index (κ2) is 7.26. The van der Waals surface area contributed by atoms with Gasteiger partial charge in [0.15, 0.2) is 0 Å². The van der Waals surface area contributed by atoms with Gasteiger partial charge < -0.3 is 5.11 Å². The molecule has 5 rings (SSSR count). The fraction of sp³-hybridized carbons (Fsp3) is 1.00. The number of aliphatic hydroxyl groups is 1. The Labute approximate surface area is 206 Å². The number of aliphatic hydroxyl groups excluding tert-OH is 1. The van der Waals surface area contributed by atoms with E-state index in [0.717, 1.165) is 23.7 Å². The van der Waals surface area contributed by atoms with Crippen molar-refractivity contribution in [3.05, 3.63) is 0 Å². The van der Waals surface area contributed by atoms with Crippen LogP contribution in [0.3, 0.4) is 0 Å². The Hall–Kier alpha value is -0.0400. The predicted molar refractivity (Wildman–Crippen MR) is 140 cm³/mol. The second-order valence-corrected chi connectivity index (χ2v) is 16.0. The Morgan fingerprint density at radius 1 is 0.636 bits per heavy atom. The lowest BCUT2D eigenvalue weighted by molar-refractivity contribution is -0.283. The van der Waals surface area contributed by atoms with Crippen LogP contribution in [-0.2, 0) is 0 Å². The smallest absolute Gasteiger partial charge is 0.0627 e. The number of rotatable bonds is 0. The van der Waals surface area contributed by atoms with Crippen molar-refractivity contribution < 1.29 is 5.11 Å². The van der Waals surface area contributed by atoms with E-state index in [1.165, 1.54) is 51.4 Å². The molecule has 5 saturated carbocycles. The van der Waals surface area contributed by atoms with Gasteiger partial charge in [-0.1, -0.05) is 69.2 Å². The quantitative estimate of drug-likeness (QED) is 0.387. The van der Waals surface area contributed by atoms with Crippen molar-refractivity contribution in [2.75, 3.05) is 0 Å². The molecule has 0 bridgehead atoms. The Bertz CT molecular complexity index is 785. The molecule has 0 spiro atoms. The zero-order valence-electron chi connectivity index (χ0n) is 23.8. The molecular formula is C32H56O. The van der Waals surface area contributed by atoms with Crippen molar-refractivity contribution in [3.8, 4) is 0 Å². The molecule has 5 fully saturated rings. The van der Waals surface area contributed by atoms with Crippen molar-refractivity contribution in [3.63, 3.8) is 0 Å². The average molecular weight is 457 g/mol. The average Bonchev–Trinajstić information content (AvgIpc) is 2.75. The van der Waals surface area contributed by atoms with Gasteiger partial charge >= 0.3 is 0 Å². The fourth-order valence-electron chi connectivity index (χ4n) is 12.4. The van der Waals surface area contributed by atoms with Gasteiger partial charge in [-0.15, -0.1) is 0 Å². The lowest BCUT2D eigenvalue weighted by Crippen LogP contribution is -2.70. The molecule has 0 saturated heterocycles. The number of fused-ring (bicyclic) bond motifs is 7. The van der Waals surface area contributed by atoms with Gasteiger partial charge in [-0.05, 0) is 120 Å². The largest absolute Gasteiger partial charge is 0.392 e. The lowest BCUT2D eigenvalue weighted by Gasteiger charge is -2.75. The Morgan fingerprint density at radius 3 is 1.97 bits per heavy atom. The highest BCUT2D eigenvalue weighted by atomic mass is 16.3. The maximum absolute atomic E-state index is 12.0. The summed E-state index contributed by atoms with van der Waals surface area (Å²) in [6, 6.07) is 0. The van der Waals surface area contributed by atoms with Crippen molar-refractivity contribution in [1.29, 1.82) is 0 Å². The highest BCUT2D eigenvalue weighted by molar-refractivity contribution is 5.20. The summed E-state index contributed by atoms with van der Waals surface area (Å²) in [6.45, 7) is 25.7. The lowest BCUT2D eigenvalue weighted by atomic mass is 9.30. The highest BCUT2D eigenvalue weighted by Gasteiger charge is 2.71. The minimum absolute atomic E-state index is 0.0582. The molecular weight excluding hydrogens is 400 g/mol. The maximum atomic E-state index is 12.0. The first kappa shape index (κ1) is 24.6. The summed E-state index contributed by atoms with van der Waals surface area (Å²) in [5.74, 6) is 5.80. The summed E-state index contributed by atoms with van der Waals surface area (Å²) < 4.78 is 0. The third kappa shape index (κ3) is 2.81. The van der Waals surface area contributed by atoms with Crippen LogP contribution >= 0.6 is 0 Å². The summed E-state index contributed by atoms with van der Waals surface area (Å²) in [6.07, 6.45) is 11.1. The molecule has 0 aromatic rings. The second-order valence-electron chi connectivity index (χ2n) is 16.0. The summed E-state index contributed by atoms with van der Waals surface area (Å²) in [5.41, 5.74) is 1.72. The Morgan fingerprint density at radius 2 is 1.30 bits per heavy atom. The first-order chi connectivity index (χ1) is 15.2. The van der Waals surface area contributed by atoms with Gasteiger partial charge in [0.25, 0.3) is 0 Å². The zero-order chi connectivity index (χ0) is 24.4. The molecule has 5 aliphatic rings. The van der Waals surface area contributed by atoms with Gasteiger partial charge in [0.05, 0.1) is 6.10 Å². The predicted octanol–water partition coefficient (Wildman–Crippen LogP) is 8.60. The molecule has 0 radical (unpaired) electrons. The van der Waals surface area contributed by atoms with Crippen LogP contribution in [0.1, 0.15) is 121 Å². The fourth-order valence-corrected chi connectivity index (χ4v) is 12.4. The highest BCUT2D eigenvalue weighted by Crippen LogP contribution is 2.77. The van der Waals surface area contributed by atoms with E-state index in [1.807, 2.05) is 0 Å². The van der Waals surface area contributed by atoms with Crippen LogP contribution in [0.2, 0.25) is 0 Å². The molecule has 0 aliphatic heterocycles. The van der Waals surface area contributed by atoms with Gasteiger partial charge in [0.1, 0.15) is 0 Å². The van der Waals surface area contributed by atoms with Crippen molar-refractivity contribution >= 4 is 0 Å². The van der Waals surface area contributed by atoms with Crippen LogP contribution in [0, 0.1) is 74.4 Å². The molecule has 1 heteroatoms. The van der Waals surface area contributed by atoms with Crippen molar-refractivity contribution in [2.45, 2.75) is 127 Å². The molecule has 0 amide bonds. The van der Waals surface area contributed by atoms with Crippen LogP contribution in [-0.4, -0.2) is 11.2 Å². The van der Waals surface area contributed by atoms with Crippen LogP contribution in [0.25, 0.3) is 0 Å². The molecule has 0 heterocycles. The molecule has 33 heavy (non-hydrogen) atoms. The summed E-state index contributed by atoms with van der Waals surface area (Å²) in [7, 11) is 0. The SMILES string of the molecule is CC1C(C)C(C)(C)[C@@H]2CC[C@]3(C)[C@H](CC[C@@H]4[C@@H]5[C@@H](C)[C@H](C)CC[C@]5(C)CC[C@]43C)[C@@]2(C)C1O. The van der Waals surface area contributed by atoms with E-state index in [9.17, 15) is 5.11 Å². The van der Waals surface area contributed by atoms with E-state index < -0.39 is 0 Å². The van der Waals surface area contributed by atoms with Crippen molar-refractivity contribution in [2.24, 2.45) is 74.4 Å². The standard InChI is InChI=1S/C32H56O/c1-19-13-15-29(7)17-18-30(8)23(26(29)20(19)2)11-12-25-31(30,9)16-14-24-28(5,6)22(4)21(3)27(33)32(24,25)10/h19-27,33H,11-18H2,1-10H3/t19-,20+,21?,22?,23-,24+,25+,26+,27?,29-,30-,31-,32+/m1/s1.